The third-order valence-electron chi connectivity index (χ3n) is 6.55. The van der Waals surface area contributed by atoms with Crippen molar-refractivity contribution in [2.75, 3.05) is 30.6 Å². The molecule has 14 heteroatoms. The summed E-state index contributed by atoms with van der Waals surface area (Å²) in [6, 6.07) is 11.0. The van der Waals surface area contributed by atoms with E-state index in [0.29, 0.717) is 23.5 Å². The highest BCUT2D eigenvalue weighted by molar-refractivity contribution is 7.98. The van der Waals surface area contributed by atoms with Crippen molar-refractivity contribution in [1.29, 1.82) is 0 Å². The van der Waals surface area contributed by atoms with Crippen molar-refractivity contribution >= 4 is 53.1 Å². The van der Waals surface area contributed by atoms with Crippen LogP contribution in [0.3, 0.4) is 0 Å². The summed E-state index contributed by atoms with van der Waals surface area (Å²) in [6.45, 7) is -0.605. The molecule has 2 rings (SSSR count). The minimum atomic E-state index is -1.22. The van der Waals surface area contributed by atoms with Gasteiger partial charge < -0.3 is 37.2 Å². The minimum absolute atomic E-state index is 0.0425. The van der Waals surface area contributed by atoms with E-state index < -0.39 is 60.3 Å². The first-order chi connectivity index (χ1) is 21.0. The molecule has 0 saturated heterocycles. The van der Waals surface area contributed by atoms with Crippen LogP contribution >= 0.6 is 23.5 Å². The molecule has 2 aromatic carbocycles. The SMILES string of the molecule is CSCC[C@H](NC(=O)[C@H](Cc1ccccc1)NC(=O)[C@H](Cc1ccc(O)cc1)NC(=O)[C@@H](N)CCSC)C(=O)NCC(=O)O. The second-order valence-electron chi connectivity index (χ2n) is 10.0. The molecule has 12 nitrogen and oxygen atoms in total. The summed E-state index contributed by atoms with van der Waals surface area (Å²) in [5.74, 6) is -2.48. The number of nitrogens with two attached hydrogens (primary N) is 1. The lowest BCUT2D eigenvalue weighted by Gasteiger charge is -2.26. The number of phenols is 1. The Kier molecular flexibility index (Phi) is 16.2. The standard InChI is InChI=1S/C30H41N5O7S2/c1-43-14-12-22(31)27(39)34-24(17-20-8-10-21(36)11-9-20)30(42)35-25(16-19-6-4-3-5-7-19)29(41)33-23(13-15-44-2)28(40)32-18-26(37)38/h3-11,22-25,36H,12-18,31H2,1-2H3,(H,32,40)(H,33,41)(H,34,39)(H,35,42)(H,37,38)/t22-,23-,24-,25-/m0/s1. The van der Waals surface area contributed by atoms with Gasteiger partial charge in [0.15, 0.2) is 0 Å². The number of carbonyl (C=O) groups excluding carboxylic acids is 4. The van der Waals surface area contributed by atoms with Crippen LogP contribution in [0.4, 0.5) is 0 Å². The Hall–Kier alpha value is -3.75. The second kappa shape index (κ2) is 19.5. The zero-order valence-corrected chi connectivity index (χ0v) is 26.4. The van der Waals surface area contributed by atoms with E-state index in [2.05, 4.69) is 21.3 Å². The summed E-state index contributed by atoms with van der Waals surface area (Å²) in [5, 5.41) is 29.1. The first kappa shape index (κ1) is 36.4. The average Bonchev–Trinajstić information content (AvgIpc) is 3.01. The normalized spacial score (nSPS) is 13.5. The number of nitrogens with one attached hydrogen (secondary N) is 4. The van der Waals surface area contributed by atoms with Gasteiger partial charge in [0, 0.05) is 12.8 Å². The first-order valence-corrected chi connectivity index (χ1v) is 16.8. The van der Waals surface area contributed by atoms with Gasteiger partial charge in [0.2, 0.25) is 23.6 Å². The number of hydrogen-bond donors (Lipinski definition) is 7. The zero-order chi connectivity index (χ0) is 32.5. The largest absolute Gasteiger partial charge is 0.508 e. The van der Waals surface area contributed by atoms with Gasteiger partial charge in [-0.1, -0.05) is 42.5 Å². The van der Waals surface area contributed by atoms with Crippen molar-refractivity contribution in [3.05, 3.63) is 65.7 Å². The van der Waals surface area contributed by atoms with Crippen molar-refractivity contribution in [1.82, 2.24) is 21.3 Å². The van der Waals surface area contributed by atoms with Gasteiger partial charge in [-0.25, -0.2) is 0 Å². The molecule has 2 aromatic rings. The predicted octanol–water partition coefficient (Wildman–Crippen LogP) is 0.666. The lowest BCUT2D eigenvalue weighted by atomic mass is 10.0. The average molecular weight is 648 g/mol. The van der Waals surface area contributed by atoms with Gasteiger partial charge in [0.1, 0.15) is 30.4 Å². The highest BCUT2D eigenvalue weighted by Crippen LogP contribution is 2.13. The van der Waals surface area contributed by atoms with Crippen LogP contribution in [0.1, 0.15) is 24.0 Å². The Bertz CT molecular complexity index is 1230. The van der Waals surface area contributed by atoms with Crippen LogP contribution in [0.5, 0.6) is 5.75 Å². The summed E-state index contributed by atoms with van der Waals surface area (Å²) in [4.78, 5) is 63.9. The van der Waals surface area contributed by atoms with E-state index in [1.54, 1.807) is 36.4 Å². The number of carbonyl (C=O) groups is 5. The fourth-order valence-corrected chi connectivity index (χ4v) is 5.09. The Morgan fingerprint density at radius 2 is 1.20 bits per heavy atom. The zero-order valence-electron chi connectivity index (χ0n) is 24.8. The van der Waals surface area contributed by atoms with E-state index >= 15 is 0 Å². The van der Waals surface area contributed by atoms with Gasteiger partial charge in [-0.05, 0) is 60.1 Å². The molecular weight excluding hydrogens is 606 g/mol. The fraction of sp³-hybridized carbons (Fsp3) is 0.433. The smallest absolute Gasteiger partial charge is 0.322 e. The van der Waals surface area contributed by atoms with Gasteiger partial charge in [-0.15, -0.1) is 0 Å². The molecule has 240 valence electrons. The number of benzene rings is 2. The number of thioether (sulfide) groups is 2. The van der Waals surface area contributed by atoms with Crippen molar-refractivity contribution < 1.29 is 34.2 Å². The number of carboxylic acids is 1. The monoisotopic (exact) mass is 647 g/mol. The quantitative estimate of drug-likeness (QED) is 0.114. The number of amides is 4. The number of aliphatic carboxylic acids is 1. The van der Waals surface area contributed by atoms with Gasteiger partial charge in [0.25, 0.3) is 0 Å². The van der Waals surface area contributed by atoms with Gasteiger partial charge in [0.05, 0.1) is 6.04 Å². The second-order valence-corrected chi connectivity index (χ2v) is 12.0. The molecule has 8 N–H and O–H groups in total. The third-order valence-corrected chi connectivity index (χ3v) is 7.84. The van der Waals surface area contributed by atoms with E-state index in [1.165, 1.54) is 35.7 Å². The number of aromatic hydroxyl groups is 1. The Balaban J connectivity index is 2.32. The van der Waals surface area contributed by atoms with E-state index in [-0.39, 0.29) is 25.0 Å². The van der Waals surface area contributed by atoms with Crippen LogP contribution in [0, 0.1) is 0 Å². The molecule has 0 unspecified atom stereocenters. The number of rotatable bonds is 19. The first-order valence-electron chi connectivity index (χ1n) is 14.0. The maximum Gasteiger partial charge on any atom is 0.322 e. The lowest BCUT2D eigenvalue weighted by Crippen LogP contribution is -2.59. The fourth-order valence-electron chi connectivity index (χ4n) is 4.13. The molecule has 0 aliphatic heterocycles. The molecule has 44 heavy (non-hydrogen) atoms. The highest BCUT2D eigenvalue weighted by atomic mass is 32.2. The van der Waals surface area contributed by atoms with Crippen LogP contribution in [0.2, 0.25) is 0 Å². The summed E-state index contributed by atoms with van der Waals surface area (Å²) < 4.78 is 0. The van der Waals surface area contributed by atoms with E-state index in [1.807, 2.05) is 18.6 Å². The van der Waals surface area contributed by atoms with E-state index in [9.17, 15) is 29.1 Å². The summed E-state index contributed by atoms with van der Waals surface area (Å²) in [6.07, 6.45) is 4.50. The maximum absolute atomic E-state index is 13.7. The summed E-state index contributed by atoms with van der Waals surface area (Å²) in [7, 11) is 0. The van der Waals surface area contributed by atoms with Crippen molar-refractivity contribution in [3.8, 4) is 5.75 Å². The Morgan fingerprint density at radius 1 is 0.705 bits per heavy atom. The van der Waals surface area contributed by atoms with Crippen molar-refractivity contribution in [2.45, 2.75) is 49.9 Å². The number of hydrogen-bond acceptors (Lipinski definition) is 9. The minimum Gasteiger partial charge on any atom is -0.508 e. The van der Waals surface area contributed by atoms with Crippen molar-refractivity contribution in [3.63, 3.8) is 0 Å². The predicted molar refractivity (Wildman–Crippen MR) is 172 cm³/mol. The highest BCUT2D eigenvalue weighted by Gasteiger charge is 2.31. The van der Waals surface area contributed by atoms with Crippen LogP contribution in [0.25, 0.3) is 0 Å². The molecule has 0 heterocycles. The van der Waals surface area contributed by atoms with Crippen molar-refractivity contribution in [2.24, 2.45) is 5.73 Å². The van der Waals surface area contributed by atoms with Gasteiger partial charge in [-0.3, -0.25) is 24.0 Å². The lowest BCUT2D eigenvalue weighted by molar-refractivity contribution is -0.138. The van der Waals surface area contributed by atoms with E-state index in [0.717, 1.165) is 5.56 Å². The number of phenolic OH excluding ortho intramolecular Hbond substituents is 1. The Labute approximate surface area is 265 Å². The topological polar surface area (TPSA) is 200 Å². The third kappa shape index (κ3) is 13.3. The van der Waals surface area contributed by atoms with Crippen LogP contribution in [-0.2, 0) is 36.8 Å². The van der Waals surface area contributed by atoms with Gasteiger partial charge in [-0.2, -0.15) is 23.5 Å². The number of carboxylic acid groups (broad SMARTS) is 1. The molecule has 4 amide bonds. The molecule has 0 aliphatic carbocycles. The summed E-state index contributed by atoms with van der Waals surface area (Å²) >= 11 is 2.99. The summed E-state index contributed by atoms with van der Waals surface area (Å²) in [5.41, 5.74) is 7.44. The molecular formula is C30H41N5O7S2. The van der Waals surface area contributed by atoms with Gasteiger partial charge >= 0.3 is 5.97 Å². The molecule has 0 saturated carbocycles. The van der Waals surface area contributed by atoms with Crippen LogP contribution in [-0.4, -0.2) is 94.5 Å². The molecule has 0 radical (unpaired) electrons. The van der Waals surface area contributed by atoms with Crippen LogP contribution in [0.15, 0.2) is 54.6 Å². The van der Waals surface area contributed by atoms with Crippen LogP contribution < -0.4 is 27.0 Å². The Morgan fingerprint density at radius 3 is 1.75 bits per heavy atom. The molecule has 0 fully saturated rings. The maximum atomic E-state index is 13.7. The molecule has 0 aliphatic rings. The molecule has 4 atom stereocenters. The molecule has 0 bridgehead atoms. The van der Waals surface area contributed by atoms with E-state index in [4.69, 9.17) is 10.8 Å². The molecule has 0 aromatic heterocycles. The molecule has 0 spiro atoms.